The fourth-order valence-corrected chi connectivity index (χ4v) is 1.56. The molecule has 0 amide bonds. The van der Waals surface area contributed by atoms with Crippen LogP contribution in [-0.2, 0) is 6.42 Å². The van der Waals surface area contributed by atoms with Gasteiger partial charge < -0.3 is 0 Å². The first kappa shape index (κ1) is 8.30. The smallest absolute Gasteiger partial charge is 0.0923 e. The zero-order valence-corrected chi connectivity index (χ0v) is 7.88. The van der Waals surface area contributed by atoms with E-state index in [9.17, 15) is 0 Å². The Morgan fingerprint density at radius 1 is 1.31 bits per heavy atom. The molecule has 0 spiro atoms. The minimum atomic E-state index is 1.08. The van der Waals surface area contributed by atoms with Gasteiger partial charge in [-0.15, -0.1) is 0 Å². The normalized spacial score (nSPS) is 10.8. The van der Waals surface area contributed by atoms with Gasteiger partial charge in [0.2, 0.25) is 0 Å². The summed E-state index contributed by atoms with van der Waals surface area (Å²) in [6.45, 7) is 2.21. The van der Waals surface area contributed by atoms with Crippen LogP contribution in [0.1, 0.15) is 25.5 Å². The summed E-state index contributed by atoms with van der Waals surface area (Å²) < 4.78 is 0. The Morgan fingerprint density at radius 3 is 3.00 bits per heavy atom. The van der Waals surface area contributed by atoms with Gasteiger partial charge in [0, 0.05) is 11.1 Å². The van der Waals surface area contributed by atoms with Crippen LogP contribution in [0.2, 0.25) is 0 Å². The number of benzene rings is 1. The molecule has 2 heteroatoms. The lowest BCUT2D eigenvalue weighted by atomic mass is 10.1. The molecule has 0 fully saturated rings. The maximum atomic E-state index is 4.25. The van der Waals surface area contributed by atoms with Gasteiger partial charge in [0.25, 0.3) is 0 Å². The Kier molecular flexibility index (Phi) is 2.30. The summed E-state index contributed by atoms with van der Waals surface area (Å²) in [5.41, 5.74) is 2.35. The van der Waals surface area contributed by atoms with Gasteiger partial charge in [-0.05, 0) is 18.9 Å². The van der Waals surface area contributed by atoms with Gasteiger partial charge in [0.05, 0.1) is 5.52 Å². The topological polar surface area (TPSA) is 28.7 Å². The number of aryl methyl sites for hydroxylation is 1. The van der Waals surface area contributed by atoms with Gasteiger partial charge in [-0.25, -0.2) is 0 Å². The Balaban J connectivity index is 2.35. The highest BCUT2D eigenvalue weighted by Crippen LogP contribution is 2.16. The molecule has 13 heavy (non-hydrogen) atoms. The number of aromatic nitrogens is 2. The van der Waals surface area contributed by atoms with E-state index >= 15 is 0 Å². The number of hydrogen-bond acceptors (Lipinski definition) is 1. The Labute approximate surface area is 78.0 Å². The first-order valence-electron chi connectivity index (χ1n) is 4.84. The van der Waals surface area contributed by atoms with Gasteiger partial charge in [-0.1, -0.05) is 31.5 Å². The minimum Gasteiger partial charge on any atom is -0.281 e. The fourth-order valence-electron chi connectivity index (χ4n) is 1.56. The molecule has 1 aromatic carbocycles. The summed E-state index contributed by atoms with van der Waals surface area (Å²) in [6.07, 6.45) is 3.57. The number of rotatable bonds is 3. The number of para-hydroxylation sites is 1. The van der Waals surface area contributed by atoms with Crippen molar-refractivity contribution in [3.63, 3.8) is 0 Å². The number of hydrogen-bond donors (Lipinski definition) is 1. The summed E-state index contributed by atoms with van der Waals surface area (Å²) >= 11 is 0. The van der Waals surface area contributed by atoms with Crippen molar-refractivity contribution in [2.75, 3.05) is 0 Å². The van der Waals surface area contributed by atoms with E-state index in [0.29, 0.717) is 0 Å². The zero-order valence-electron chi connectivity index (χ0n) is 7.88. The molecule has 2 aromatic rings. The molecule has 2 nitrogen and oxygen atoms in total. The third-order valence-electron chi connectivity index (χ3n) is 2.32. The van der Waals surface area contributed by atoms with E-state index in [1.807, 2.05) is 12.1 Å². The number of aromatic amines is 1. The Hall–Kier alpha value is -1.31. The quantitative estimate of drug-likeness (QED) is 0.761. The number of unbranched alkanes of at least 4 members (excludes halogenated alkanes) is 1. The van der Waals surface area contributed by atoms with Crippen LogP contribution in [0.15, 0.2) is 24.3 Å². The first-order valence-corrected chi connectivity index (χ1v) is 4.84. The molecule has 0 aliphatic rings. The van der Waals surface area contributed by atoms with Gasteiger partial charge in [-0.2, -0.15) is 5.10 Å². The molecule has 0 aliphatic heterocycles. The lowest BCUT2D eigenvalue weighted by Gasteiger charge is -1.94. The van der Waals surface area contributed by atoms with Crippen molar-refractivity contribution in [1.82, 2.24) is 10.2 Å². The molecule has 0 atom stereocenters. The van der Waals surface area contributed by atoms with E-state index in [2.05, 4.69) is 29.3 Å². The van der Waals surface area contributed by atoms with Crippen LogP contribution in [-0.4, -0.2) is 10.2 Å². The zero-order chi connectivity index (χ0) is 9.10. The summed E-state index contributed by atoms with van der Waals surface area (Å²) in [6, 6.07) is 8.26. The predicted octanol–water partition coefficient (Wildman–Crippen LogP) is 2.91. The summed E-state index contributed by atoms with van der Waals surface area (Å²) in [5, 5.41) is 8.62. The molecular weight excluding hydrogens is 160 g/mol. The third kappa shape index (κ3) is 1.57. The van der Waals surface area contributed by atoms with E-state index in [-0.39, 0.29) is 0 Å². The standard InChI is InChI=1S/C11H14N2/c1-2-3-7-10-9-6-4-5-8-11(9)13-12-10/h4-6,8H,2-3,7H2,1H3,(H,12,13). The molecule has 0 saturated carbocycles. The maximum absolute atomic E-state index is 4.25. The van der Waals surface area contributed by atoms with Gasteiger partial charge in [0.1, 0.15) is 0 Å². The van der Waals surface area contributed by atoms with E-state index in [1.165, 1.54) is 23.9 Å². The molecular formula is C11H14N2. The number of nitrogens with zero attached hydrogens (tertiary/aromatic N) is 1. The average Bonchev–Trinajstić information content (AvgIpc) is 2.58. The second-order valence-corrected chi connectivity index (χ2v) is 3.32. The fraction of sp³-hybridized carbons (Fsp3) is 0.364. The second-order valence-electron chi connectivity index (χ2n) is 3.32. The molecule has 0 radical (unpaired) electrons. The van der Waals surface area contributed by atoms with Crippen LogP contribution in [0.3, 0.4) is 0 Å². The third-order valence-corrected chi connectivity index (χ3v) is 2.32. The molecule has 0 aliphatic carbocycles. The number of fused-ring (bicyclic) bond motifs is 1. The van der Waals surface area contributed by atoms with Gasteiger partial charge in [-0.3, -0.25) is 5.10 Å². The lowest BCUT2D eigenvalue weighted by molar-refractivity contribution is 0.775. The van der Waals surface area contributed by atoms with Crippen molar-refractivity contribution in [2.45, 2.75) is 26.2 Å². The maximum Gasteiger partial charge on any atom is 0.0923 e. The molecule has 1 heterocycles. The highest BCUT2D eigenvalue weighted by molar-refractivity contribution is 5.81. The SMILES string of the molecule is CCCCc1[nH]nc2ccccc12. The van der Waals surface area contributed by atoms with Crippen molar-refractivity contribution in [2.24, 2.45) is 0 Å². The molecule has 1 aromatic heterocycles. The summed E-state index contributed by atoms with van der Waals surface area (Å²) in [5.74, 6) is 0. The minimum absolute atomic E-state index is 1.08. The molecule has 68 valence electrons. The molecule has 0 saturated heterocycles. The number of nitrogens with one attached hydrogen (secondary N) is 1. The van der Waals surface area contributed by atoms with Crippen LogP contribution >= 0.6 is 0 Å². The summed E-state index contributed by atoms with van der Waals surface area (Å²) in [4.78, 5) is 0. The highest BCUT2D eigenvalue weighted by atomic mass is 15.1. The molecule has 2 rings (SSSR count). The largest absolute Gasteiger partial charge is 0.281 e. The van der Waals surface area contributed by atoms with Crippen LogP contribution in [0.25, 0.3) is 10.9 Å². The average molecular weight is 174 g/mol. The number of H-pyrrole nitrogens is 1. The van der Waals surface area contributed by atoms with Crippen molar-refractivity contribution in [1.29, 1.82) is 0 Å². The molecule has 0 unspecified atom stereocenters. The van der Waals surface area contributed by atoms with E-state index < -0.39 is 0 Å². The first-order chi connectivity index (χ1) is 6.42. The monoisotopic (exact) mass is 174 g/mol. The van der Waals surface area contributed by atoms with Crippen LogP contribution in [0.4, 0.5) is 0 Å². The Bertz CT molecular complexity index is 390. The van der Waals surface area contributed by atoms with Crippen LogP contribution in [0, 0.1) is 0 Å². The van der Waals surface area contributed by atoms with E-state index in [0.717, 1.165) is 11.9 Å². The lowest BCUT2D eigenvalue weighted by Crippen LogP contribution is -1.84. The van der Waals surface area contributed by atoms with E-state index in [1.54, 1.807) is 0 Å². The van der Waals surface area contributed by atoms with Crippen molar-refractivity contribution in [3.05, 3.63) is 30.0 Å². The highest BCUT2D eigenvalue weighted by Gasteiger charge is 2.02. The van der Waals surface area contributed by atoms with Crippen molar-refractivity contribution >= 4 is 10.9 Å². The molecule has 1 N–H and O–H groups in total. The summed E-state index contributed by atoms with van der Waals surface area (Å²) in [7, 11) is 0. The Morgan fingerprint density at radius 2 is 2.15 bits per heavy atom. The molecule has 0 bridgehead atoms. The van der Waals surface area contributed by atoms with Crippen molar-refractivity contribution in [3.8, 4) is 0 Å². The van der Waals surface area contributed by atoms with Gasteiger partial charge in [0.15, 0.2) is 0 Å². The predicted molar refractivity (Wildman–Crippen MR) is 54.7 cm³/mol. The van der Waals surface area contributed by atoms with Crippen LogP contribution in [0.5, 0.6) is 0 Å². The second kappa shape index (κ2) is 3.60. The van der Waals surface area contributed by atoms with Gasteiger partial charge >= 0.3 is 0 Å². The van der Waals surface area contributed by atoms with E-state index in [4.69, 9.17) is 0 Å². The van der Waals surface area contributed by atoms with Crippen molar-refractivity contribution < 1.29 is 0 Å². The van der Waals surface area contributed by atoms with Crippen LogP contribution < -0.4 is 0 Å².